The number of aliphatic carboxylic acids is 1. The number of carbonyl (C=O) groups excluding carboxylic acids is 3. The molecule has 3 heterocycles. The lowest BCUT2D eigenvalue weighted by Gasteiger charge is -2.29. The lowest BCUT2D eigenvalue weighted by atomic mass is 9.76. The van der Waals surface area contributed by atoms with Crippen molar-refractivity contribution in [2.75, 3.05) is 11.9 Å². The van der Waals surface area contributed by atoms with E-state index in [9.17, 15) is 24.3 Å². The van der Waals surface area contributed by atoms with Gasteiger partial charge in [0.05, 0.1) is 11.8 Å². The van der Waals surface area contributed by atoms with Crippen molar-refractivity contribution in [3.05, 3.63) is 65.2 Å². The van der Waals surface area contributed by atoms with E-state index in [2.05, 4.69) is 10.6 Å². The summed E-state index contributed by atoms with van der Waals surface area (Å²) in [7, 11) is 0. The van der Waals surface area contributed by atoms with Crippen LogP contribution in [0.2, 0.25) is 0 Å². The molecule has 3 amide bonds. The SMILES string of the molecule is CCc1cccc2c1NC(=O)[C@]21N[C@@H](CCC(=O)O)[C@H]2C(=O)N(CCc3ccccc3)C(=O)[C@@H]21. The molecule has 176 valence electrons. The number of likely N-dealkylation sites (tertiary alicyclic amines) is 1. The van der Waals surface area contributed by atoms with Crippen molar-refractivity contribution in [1.82, 2.24) is 10.2 Å². The number of nitrogens with zero attached hydrogens (tertiary/aromatic N) is 1. The monoisotopic (exact) mass is 461 g/mol. The van der Waals surface area contributed by atoms with Gasteiger partial charge in [0.1, 0.15) is 5.54 Å². The Balaban J connectivity index is 1.54. The number of fused-ring (bicyclic) bond motifs is 4. The number of hydrogen-bond donors (Lipinski definition) is 3. The van der Waals surface area contributed by atoms with Crippen LogP contribution in [0.1, 0.15) is 36.5 Å². The fourth-order valence-electron chi connectivity index (χ4n) is 5.88. The number of nitrogens with one attached hydrogen (secondary N) is 2. The van der Waals surface area contributed by atoms with E-state index in [1.54, 1.807) is 0 Å². The zero-order valence-electron chi connectivity index (χ0n) is 18.9. The number of amides is 3. The lowest BCUT2D eigenvalue weighted by molar-refractivity contribution is -0.143. The highest BCUT2D eigenvalue weighted by Crippen LogP contribution is 2.54. The van der Waals surface area contributed by atoms with E-state index >= 15 is 0 Å². The van der Waals surface area contributed by atoms with Crippen molar-refractivity contribution in [2.24, 2.45) is 11.8 Å². The molecule has 0 aliphatic carbocycles. The first-order valence-corrected chi connectivity index (χ1v) is 11.7. The van der Waals surface area contributed by atoms with E-state index in [-0.39, 0.29) is 37.1 Å². The van der Waals surface area contributed by atoms with Crippen molar-refractivity contribution >= 4 is 29.4 Å². The first kappa shape index (κ1) is 22.3. The van der Waals surface area contributed by atoms with Gasteiger partial charge in [-0.3, -0.25) is 29.4 Å². The van der Waals surface area contributed by atoms with E-state index in [1.165, 1.54) is 4.90 Å². The van der Waals surface area contributed by atoms with Crippen LogP contribution < -0.4 is 10.6 Å². The summed E-state index contributed by atoms with van der Waals surface area (Å²) in [4.78, 5) is 53.4. The summed E-state index contributed by atoms with van der Waals surface area (Å²) in [6.07, 6.45) is 1.21. The van der Waals surface area contributed by atoms with Crippen LogP contribution in [0.4, 0.5) is 5.69 Å². The summed E-state index contributed by atoms with van der Waals surface area (Å²) < 4.78 is 0. The van der Waals surface area contributed by atoms with Crippen LogP contribution in [-0.2, 0) is 37.6 Å². The Morgan fingerprint density at radius 3 is 2.53 bits per heavy atom. The molecule has 0 bridgehead atoms. The van der Waals surface area contributed by atoms with Crippen molar-refractivity contribution in [3.63, 3.8) is 0 Å². The molecule has 2 fully saturated rings. The van der Waals surface area contributed by atoms with Crippen molar-refractivity contribution in [3.8, 4) is 0 Å². The molecule has 0 unspecified atom stereocenters. The summed E-state index contributed by atoms with van der Waals surface area (Å²) in [5, 5.41) is 15.5. The highest BCUT2D eigenvalue weighted by Gasteiger charge is 2.70. The predicted octanol–water partition coefficient (Wildman–Crippen LogP) is 2.08. The Kier molecular flexibility index (Phi) is 5.48. The van der Waals surface area contributed by atoms with Crippen molar-refractivity contribution in [1.29, 1.82) is 0 Å². The normalized spacial score (nSPS) is 27.3. The number of carboxylic acid groups (broad SMARTS) is 1. The fourth-order valence-corrected chi connectivity index (χ4v) is 5.88. The Bertz CT molecular complexity index is 1180. The third-order valence-corrected chi connectivity index (χ3v) is 7.44. The fraction of sp³-hybridized carbons (Fsp3) is 0.385. The summed E-state index contributed by atoms with van der Waals surface area (Å²) in [6, 6.07) is 14.6. The number of rotatable bonds is 7. The maximum Gasteiger partial charge on any atom is 0.303 e. The second kappa shape index (κ2) is 8.36. The first-order valence-electron chi connectivity index (χ1n) is 11.7. The number of aryl methyl sites for hydroxylation is 1. The van der Waals surface area contributed by atoms with Gasteiger partial charge in [-0.15, -0.1) is 0 Å². The molecule has 8 nitrogen and oxygen atoms in total. The van der Waals surface area contributed by atoms with Gasteiger partial charge >= 0.3 is 5.97 Å². The van der Waals surface area contributed by atoms with Gasteiger partial charge in [0.2, 0.25) is 17.7 Å². The molecule has 2 aromatic rings. The Morgan fingerprint density at radius 1 is 1.06 bits per heavy atom. The largest absolute Gasteiger partial charge is 0.481 e. The van der Waals surface area contributed by atoms with Gasteiger partial charge in [-0.1, -0.05) is 55.5 Å². The van der Waals surface area contributed by atoms with Gasteiger partial charge in [0.25, 0.3) is 0 Å². The molecule has 0 radical (unpaired) electrons. The zero-order valence-corrected chi connectivity index (χ0v) is 18.9. The number of para-hydroxylation sites is 1. The molecular weight excluding hydrogens is 434 g/mol. The Labute approximate surface area is 197 Å². The van der Waals surface area contributed by atoms with Crippen LogP contribution in [0.5, 0.6) is 0 Å². The van der Waals surface area contributed by atoms with E-state index in [0.717, 1.165) is 11.1 Å². The first-order chi connectivity index (χ1) is 16.4. The number of benzene rings is 2. The summed E-state index contributed by atoms with van der Waals surface area (Å²) in [5.41, 5.74) is 1.92. The predicted molar refractivity (Wildman–Crippen MR) is 124 cm³/mol. The van der Waals surface area contributed by atoms with Gasteiger partial charge in [-0.2, -0.15) is 0 Å². The van der Waals surface area contributed by atoms with E-state index in [0.29, 0.717) is 24.1 Å². The number of hydrogen-bond acceptors (Lipinski definition) is 5. The second-order valence-electron chi connectivity index (χ2n) is 9.21. The van der Waals surface area contributed by atoms with Crippen molar-refractivity contribution in [2.45, 2.75) is 44.2 Å². The van der Waals surface area contributed by atoms with Gasteiger partial charge in [-0.05, 0) is 30.4 Å². The molecule has 5 rings (SSSR count). The minimum absolute atomic E-state index is 0.153. The topological polar surface area (TPSA) is 116 Å². The number of anilines is 1. The van der Waals surface area contributed by atoms with Crippen LogP contribution >= 0.6 is 0 Å². The van der Waals surface area contributed by atoms with Gasteiger partial charge in [0, 0.05) is 30.3 Å². The van der Waals surface area contributed by atoms with Gasteiger partial charge in [0.15, 0.2) is 0 Å². The molecule has 34 heavy (non-hydrogen) atoms. The van der Waals surface area contributed by atoms with Crippen LogP contribution in [0.15, 0.2) is 48.5 Å². The third-order valence-electron chi connectivity index (χ3n) is 7.44. The van der Waals surface area contributed by atoms with Crippen LogP contribution in [-0.4, -0.2) is 46.3 Å². The van der Waals surface area contributed by atoms with Crippen LogP contribution in [0.3, 0.4) is 0 Å². The highest BCUT2D eigenvalue weighted by atomic mass is 16.4. The minimum atomic E-state index is -1.39. The number of carbonyl (C=O) groups is 4. The minimum Gasteiger partial charge on any atom is -0.481 e. The van der Waals surface area contributed by atoms with E-state index in [4.69, 9.17) is 0 Å². The summed E-state index contributed by atoms with van der Waals surface area (Å²) >= 11 is 0. The van der Waals surface area contributed by atoms with E-state index < -0.39 is 29.4 Å². The number of carboxylic acids is 1. The molecule has 2 saturated heterocycles. The average molecular weight is 462 g/mol. The standard InChI is InChI=1S/C26H27N3O5/c1-2-16-9-6-10-17-22(16)27-25(34)26(17)21-20(18(28-26)11-12-19(30)31)23(32)29(24(21)33)14-13-15-7-4-3-5-8-15/h3-10,18,20-21,28H,2,11-14H2,1H3,(H,27,34)(H,30,31)/t18-,20+,21+,26-/m0/s1. The quantitative estimate of drug-likeness (QED) is 0.544. The maximum absolute atomic E-state index is 13.7. The average Bonchev–Trinajstić information content (AvgIpc) is 3.41. The number of imide groups is 1. The Hall–Kier alpha value is -3.52. The zero-order chi connectivity index (χ0) is 24.0. The van der Waals surface area contributed by atoms with E-state index in [1.807, 2.05) is 55.5 Å². The Morgan fingerprint density at radius 2 is 1.82 bits per heavy atom. The molecule has 1 spiro atoms. The molecular formula is C26H27N3O5. The highest BCUT2D eigenvalue weighted by molar-refractivity contribution is 6.15. The van der Waals surface area contributed by atoms with Gasteiger partial charge in [-0.25, -0.2) is 0 Å². The maximum atomic E-state index is 13.7. The molecule has 0 aromatic heterocycles. The lowest BCUT2D eigenvalue weighted by Crippen LogP contribution is -2.53. The summed E-state index contributed by atoms with van der Waals surface area (Å²) in [5.74, 6) is -3.75. The molecule has 4 atom stereocenters. The van der Waals surface area contributed by atoms with Crippen LogP contribution in [0, 0.1) is 11.8 Å². The van der Waals surface area contributed by atoms with Crippen LogP contribution in [0.25, 0.3) is 0 Å². The molecule has 2 aromatic carbocycles. The molecule has 8 heteroatoms. The molecule has 0 saturated carbocycles. The molecule has 3 N–H and O–H groups in total. The van der Waals surface area contributed by atoms with Crippen molar-refractivity contribution < 1.29 is 24.3 Å². The molecule has 3 aliphatic rings. The van der Waals surface area contributed by atoms with Gasteiger partial charge < -0.3 is 10.4 Å². The molecule has 3 aliphatic heterocycles. The summed E-state index contributed by atoms with van der Waals surface area (Å²) in [6.45, 7) is 2.21. The second-order valence-corrected chi connectivity index (χ2v) is 9.21. The smallest absolute Gasteiger partial charge is 0.303 e. The third kappa shape index (κ3) is 3.24.